The van der Waals surface area contributed by atoms with E-state index in [9.17, 15) is 9.59 Å². The number of hydrogen-bond acceptors (Lipinski definition) is 5. The molecule has 2 aromatic carbocycles. The van der Waals surface area contributed by atoms with Crippen LogP contribution >= 0.6 is 11.3 Å². The average Bonchev–Trinajstić information content (AvgIpc) is 3.68. The van der Waals surface area contributed by atoms with Gasteiger partial charge in [-0.2, -0.15) is 0 Å². The fourth-order valence-corrected chi connectivity index (χ4v) is 6.74. The number of aromatic nitrogens is 2. The molecule has 6 rings (SSSR count). The summed E-state index contributed by atoms with van der Waals surface area (Å²) in [6.07, 6.45) is 5.34. The molecule has 0 aliphatic carbocycles. The number of amides is 1. The number of piperidine rings is 1. The SMILES string of the molecule is Cn1c(C(=O)c2cn(CCCc3ccc(OC4CCN(C(=O)OC(C)(C)C)CC4)cc3)c3ccccc23)cc2ccsc21. The third kappa shape index (κ3) is 6.34. The number of hydrogen-bond donors (Lipinski definition) is 0. The summed E-state index contributed by atoms with van der Waals surface area (Å²) in [5, 5.41) is 4.17. The lowest BCUT2D eigenvalue weighted by Gasteiger charge is -2.33. The number of carbonyl (C=O) groups excluding carboxylic acids is 2. The first-order chi connectivity index (χ1) is 20.7. The van der Waals surface area contributed by atoms with Gasteiger partial charge < -0.3 is 23.5 Å². The lowest BCUT2D eigenvalue weighted by atomic mass is 10.1. The van der Waals surface area contributed by atoms with Crippen LogP contribution in [0.15, 0.2) is 72.2 Å². The van der Waals surface area contributed by atoms with Crippen molar-refractivity contribution in [1.82, 2.24) is 14.0 Å². The molecule has 5 aromatic rings. The number of benzene rings is 2. The van der Waals surface area contributed by atoms with Crippen molar-refractivity contribution in [2.45, 2.75) is 64.7 Å². The minimum atomic E-state index is -0.483. The zero-order valence-corrected chi connectivity index (χ0v) is 26.2. The fourth-order valence-electron chi connectivity index (χ4n) is 5.88. The van der Waals surface area contributed by atoms with Crippen molar-refractivity contribution >= 4 is 44.3 Å². The molecule has 0 atom stereocenters. The van der Waals surface area contributed by atoms with Crippen molar-refractivity contribution in [3.05, 3.63) is 89.1 Å². The number of para-hydroxylation sites is 1. The summed E-state index contributed by atoms with van der Waals surface area (Å²) < 4.78 is 16.0. The highest BCUT2D eigenvalue weighted by Crippen LogP contribution is 2.29. The van der Waals surface area contributed by atoms with E-state index in [0.29, 0.717) is 13.1 Å². The molecule has 0 N–H and O–H groups in total. The van der Waals surface area contributed by atoms with Gasteiger partial charge in [-0.05, 0) is 74.9 Å². The maximum Gasteiger partial charge on any atom is 0.410 e. The Morgan fingerprint density at radius 2 is 1.74 bits per heavy atom. The normalized spacial score (nSPS) is 14.5. The molecule has 8 heteroatoms. The minimum Gasteiger partial charge on any atom is -0.490 e. The van der Waals surface area contributed by atoms with Crippen molar-refractivity contribution in [3.8, 4) is 5.75 Å². The van der Waals surface area contributed by atoms with E-state index >= 15 is 0 Å². The molecule has 1 saturated heterocycles. The number of ether oxygens (including phenoxy) is 2. The van der Waals surface area contributed by atoms with Gasteiger partial charge in [0.25, 0.3) is 0 Å². The van der Waals surface area contributed by atoms with E-state index in [4.69, 9.17) is 9.47 Å². The molecule has 0 spiro atoms. The van der Waals surface area contributed by atoms with Crippen molar-refractivity contribution in [3.63, 3.8) is 0 Å². The van der Waals surface area contributed by atoms with Crippen molar-refractivity contribution in [2.75, 3.05) is 13.1 Å². The van der Waals surface area contributed by atoms with Crippen LogP contribution in [-0.2, 0) is 24.8 Å². The smallest absolute Gasteiger partial charge is 0.410 e. The number of rotatable bonds is 8. The number of thiophene rings is 1. The van der Waals surface area contributed by atoms with Gasteiger partial charge in [0, 0.05) is 67.6 Å². The van der Waals surface area contributed by atoms with Gasteiger partial charge >= 0.3 is 6.09 Å². The maximum atomic E-state index is 13.7. The van der Waals surface area contributed by atoms with Crippen LogP contribution in [0.2, 0.25) is 0 Å². The van der Waals surface area contributed by atoms with Crippen LogP contribution in [0.4, 0.5) is 4.79 Å². The molecule has 0 saturated carbocycles. The predicted molar refractivity (Wildman–Crippen MR) is 172 cm³/mol. The third-order valence-corrected chi connectivity index (χ3v) is 9.09. The Morgan fingerprint density at radius 3 is 2.47 bits per heavy atom. The number of fused-ring (bicyclic) bond motifs is 2. The zero-order valence-electron chi connectivity index (χ0n) is 25.3. The molecule has 1 aliphatic heterocycles. The highest BCUT2D eigenvalue weighted by atomic mass is 32.1. The number of likely N-dealkylation sites (tertiary alicyclic amines) is 1. The summed E-state index contributed by atoms with van der Waals surface area (Å²) in [5.74, 6) is 0.923. The second-order valence-electron chi connectivity index (χ2n) is 12.4. The van der Waals surface area contributed by atoms with E-state index in [0.717, 1.165) is 70.4 Å². The second-order valence-corrected chi connectivity index (χ2v) is 13.3. The minimum absolute atomic E-state index is 0.0620. The molecule has 3 aromatic heterocycles. The van der Waals surface area contributed by atoms with Gasteiger partial charge in [-0.15, -0.1) is 11.3 Å². The van der Waals surface area contributed by atoms with Gasteiger partial charge in [-0.3, -0.25) is 4.79 Å². The lowest BCUT2D eigenvalue weighted by molar-refractivity contribution is 0.0126. The molecular formula is C35H39N3O4S. The number of ketones is 1. The number of nitrogens with zero attached hydrogens (tertiary/aromatic N) is 3. The molecule has 1 fully saturated rings. The van der Waals surface area contributed by atoms with Crippen LogP contribution in [0, 0.1) is 0 Å². The first-order valence-corrected chi connectivity index (χ1v) is 15.9. The molecular weight excluding hydrogens is 558 g/mol. The van der Waals surface area contributed by atoms with Gasteiger partial charge in [-0.25, -0.2) is 4.79 Å². The van der Waals surface area contributed by atoms with E-state index in [-0.39, 0.29) is 18.0 Å². The van der Waals surface area contributed by atoms with Crippen LogP contribution in [0.25, 0.3) is 21.1 Å². The molecule has 1 aliphatic rings. The number of aryl methyl sites for hydroxylation is 3. The quantitative estimate of drug-likeness (QED) is 0.171. The molecule has 1 amide bonds. The van der Waals surface area contributed by atoms with E-state index in [1.807, 2.05) is 75.0 Å². The van der Waals surface area contributed by atoms with Gasteiger partial charge in [0.1, 0.15) is 22.3 Å². The Morgan fingerprint density at radius 1 is 1.00 bits per heavy atom. The molecule has 43 heavy (non-hydrogen) atoms. The monoisotopic (exact) mass is 597 g/mol. The molecule has 0 bridgehead atoms. The fraction of sp³-hybridized carbons (Fsp3) is 0.371. The molecule has 7 nitrogen and oxygen atoms in total. The van der Waals surface area contributed by atoms with Crippen LogP contribution in [0.3, 0.4) is 0 Å². The Labute approximate surface area is 256 Å². The summed E-state index contributed by atoms with van der Waals surface area (Å²) in [6.45, 7) is 7.77. The molecule has 4 heterocycles. The van der Waals surface area contributed by atoms with Gasteiger partial charge in [-0.1, -0.05) is 30.3 Å². The Bertz CT molecular complexity index is 1750. The van der Waals surface area contributed by atoms with Gasteiger partial charge in [0.2, 0.25) is 5.78 Å². The predicted octanol–water partition coefficient (Wildman–Crippen LogP) is 7.84. The maximum absolute atomic E-state index is 13.7. The molecule has 0 radical (unpaired) electrons. The van der Waals surface area contributed by atoms with Crippen molar-refractivity contribution in [2.24, 2.45) is 7.05 Å². The highest BCUT2D eigenvalue weighted by Gasteiger charge is 2.27. The van der Waals surface area contributed by atoms with E-state index in [1.54, 1.807) is 16.2 Å². The molecule has 0 unspecified atom stereocenters. The number of carbonyl (C=O) groups is 2. The largest absolute Gasteiger partial charge is 0.490 e. The Kier molecular flexibility index (Phi) is 8.05. The van der Waals surface area contributed by atoms with Crippen LogP contribution in [0.5, 0.6) is 5.75 Å². The molecule has 224 valence electrons. The van der Waals surface area contributed by atoms with Crippen LogP contribution < -0.4 is 4.74 Å². The summed E-state index contributed by atoms with van der Waals surface area (Å²) in [6, 6.07) is 20.6. The van der Waals surface area contributed by atoms with Crippen LogP contribution in [0.1, 0.15) is 61.6 Å². The summed E-state index contributed by atoms with van der Waals surface area (Å²) in [4.78, 5) is 28.9. The zero-order chi connectivity index (χ0) is 30.1. The topological polar surface area (TPSA) is 65.7 Å². The van der Waals surface area contributed by atoms with E-state index in [1.165, 1.54) is 5.56 Å². The first kappa shape index (κ1) is 29.1. The van der Waals surface area contributed by atoms with Crippen molar-refractivity contribution < 1.29 is 19.1 Å². The first-order valence-electron chi connectivity index (χ1n) is 15.1. The standard InChI is InChI=1S/C35H39N3O4S/c1-35(2,3)42-34(40)37-19-15-27(16-20-37)41-26-13-11-24(12-14-26)8-7-18-38-23-29(28-9-5-6-10-30(28)38)32(39)31-22-25-17-21-43-33(25)36(31)4/h5-6,9-14,17,21-23,27H,7-8,15-16,18-20H2,1-4H3. The van der Waals surface area contributed by atoms with Crippen LogP contribution in [-0.4, -0.2) is 50.7 Å². The van der Waals surface area contributed by atoms with E-state index in [2.05, 4.69) is 34.2 Å². The third-order valence-electron chi connectivity index (χ3n) is 8.08. The Hall–Kier alpha value is -4.04. The van der Waals surface area contributed by atoms with Gasteiger partial charge in [0.15, 0.2) is 0 Å². The van der Waals surface area contributed by atoms with Crippen molar-refractivity contribution in [1.29, 1.82) is 0 Å². The van der Waals surface area contributed by atoms with E-state index < -0.39 is 5.60 Å². The summed E-state index contributed by atoms with van der Waals surface area (Å²) in [7, 11) is 1.97. The summed E-state index contributed by atoms with van der Waals surface area (Å²) >= 11 is 1.66. The van der Waals surface area contributed by atoms with Gasteiger partial charge in [0.05, 0.1) is 5.69 Å². The average molecular weight is 598 g/mol. The second kappa shape index (κ2) is 11.9. The lowest BCUT2D eigenvalue weighted by Crippen LogP contribution is -2.44. The summed E-state index contributed by atoms with van der Waals surface area (Å²) in [5.41, 5.74) is 3.33. The Balaban J connectivity index is 1.04. The highest BCUT2D eigenvalue weighted by molar-refractivity contribution is 7.16.